The fourth-order valence-electron chi connectivity index (χ4n) is 1.58. The fraction of sp³-hybridized carbons (Fsp3) is 0.357. The quantitative estimate of drug-likeness (QED) is 0.877. The standard InChI is InChI=1S/C14H18ClN5/c1-4-10(3)17-13-8-16-20-14(19-13)18-11-6-5-9(2)12(15)7-11/h5-8,10H,4H2,1-3H3,(H2,17,18,19,20). The number of hydrogen-bond acceptors (Lipinski definition) is 5. The van der Waals surface area contributed by atoms with Gasteiger partial charge in [-0.15, -0.1) is 5.10 Å². The summed E-state index contributed by atoms with van der Waals surface area (Å²) in [6.07, 6.45) is 2.62. The third-order valence-electron chi connectivity index (χ3n) is 2.99. The summed E-state index contributed by atoms with van der Waals surface area (Å²) >= 11 is 6.09. The van der Waals surface area contributed by atoms with E-state index in [1.54, 1.807) is 6.20 Å². The molecule has 0 aliphatic heterocycles. The fourth-order valence-corrected chi connectivity index (χ4v) is 1.76. The van der Waals surface area contributed by atoms with E-state index in [9.17, 15) is 0 Å². The summed E-state index contributed by atoms with van der Waals surface area (Å²) in [4.78, 5) is 4.37. The number of aromatic nitrogens is 3. The van der Waals surface area contributed by atoms with Crippen LogP contribution in [0, 0.1) is 6.92 Å². The van der Waals surface area contributed by atoms with Gasteiger partial charge in [-0.05, 0) is 38.0 Å². The van der Waals surface area contributed by atoms with E-state index in [2.05, 4.69) is 39.7 Å². The Kier molecular flexibility index (Phi) is 4.74. The van der Waals surface area contributed by atoms with Crippen molar-refractivity contribution in [2.75, 3.05) is 10.6 Å². The van der Waals surface area contributed by atoms with Gasteiger partial charge < -0.3 is 10.6 Å². The van der Waals surface area contributed by atoms with E-state index in [1.807, 2.05) is 25.1 Å². The van der Waals surface area contributed by atoms with E-state index in [0.717, 1.165) is 17.7 Å². The Morgan fingerprint density at radius 3 is 2.85 bits per heavy atom. The minimum atomic E-state index is 0.341. The highest BCUT2D eigenvalue weighted by molar-refractivity contribution is 6.31. The Bertz CT molecular complexity index is 588. The summed E-state index contributed by atoms with van der Waals surface area (Å²) in [7, 11) is 0. The molecule has 5 nitrogen and oxygen atoms in total. The summed E-state index contributed by atoms with van der Waals surface area (Å²) in [5.41, 5.74) is 1.87. The lowest BCUT2D eigenvalue weighted by Crippen LogP contribution is -2.15. The number of hydrogen-bond donors (Lipinski definition) is 2. The second kappa shape index (κ2) is 6.52. The molecule has 2 N–H and O–H groups in total. The molecule has 0 amide bonds. The van der Waals surface area contributed by atoms with Crippen LogP contribution in [0.25, 0.3) is 0 Å². The van der Waals surface area contributed by atoms with Crippen LogP contribution in [-0.2, 0) is 0 Å². The van der Waals surface area contributed by atoms with Crippen molar-refractivity contribution in [1.29, 1.82) is 0 Å². The van der Waals surface area contributed by atoms with Gasteiger partial charge in [0.05, 0.1) is 6.20 Å². The van der Waals surface area contributed by atoms with Crippen LogP contribution >= 0.6 is 11.6 Å². The molecular weight excluding hydrogens is 274 g/mol. The van der Waals surface area contributed by atoms with Crippen molar-refractivity contribution < 1.29 is 0 Å². The number of aryl methyl sites for hydroxylation is 1. The Labute approximate surface area is 123 Å². The molecule has 0 saturated carbocycles. The second-order valence-electron chi connectivity index (χ2n) is 4.71. The molecule has 1 aromatic carbocycles. The molecule has 1 unspecified atom stereocenters. The van der Waals surface area contributed by atoms with E-state index >= 15 is 0 Å². The molecule has 0 aliphatic carbocycles. The highest BCUT2D eigenvalue weighted by Gasteiger charge is 2.05. The van der Waals surface area contributed by atoms with Crippen molar-refractivity contribution in [3.8, 4) is 0 Å². The minimum Gasteiger partial charge on any atom is -0.366 e. The summed E-state index contributed by atoms with van der Waals surface area (Å²) < 4.78 is 0. The number of nitrogens with one attached hydrogen (secondary N) is 2. The highest BCUT2D eigenvalue weighted by Crippen LogP contribution is 2.22. The first-order valence-corrected chi connectivity index (χ1v) is 6.95. The molecular formula is C14H18ClN5. The van der Waals surface area contributed by atoms with Gasteiger partial charge in [0.1, 0.15) is 0 Å². The Morgan fingerprint density at radius 2 is 2.15 bits per heavy atom. The third-order valence-corrected chi connectivity index (χ3v) is 3.40. The number of benzene rings is 1. The SMILES string of the molecule is CCC(C)Nc1cnnc(Nc2ccc(C)c(Cl)c2)n1. The maximum atomic E-state index is 6.09. The molecule has 0 fully saturated rings. The second-order valence-corrected chi connectivity index (χ2v) is 5.12. The molecule has 20 heavy (non-hydrogen) atoms. The van der Waals surface area contributed by atoms with Crippen molar-refractivity contribution in [1.82, 2.24) is 15.2 Å². The molecule has 0 saturated heterocycles. The molecule has 0 bridgehead atoms. The lowest BCUT2D eigenvalue weighted by atomic mass is 10.2. The maximum Gasteiger partial charge on any atom is 0.249 e. The van der Waals surface area contributed by atoms with E-state index in [0.29, 0.717) is 22.8 Å². The monoisotopic (exact) mass is 291 g/mol. The van der Waals surface area contributed by atoms with Crippen molar-refractivity contribution in [3.05, 3.63) is 35.0 Å². The zero-order valence-corrected chi connectivity index (χ0v) is 12.6. The van der Waals surface area contributed by atoms with Crippen LogP contribution in [-0.4, -0.2) is 21.2 Å². The predicted molar refractivity (Wildman–Crippen MR) is 82.7 cm³/mol. The molecule has 1 heterocycles. The zero-order chi connectivity index (χ0) is 14.5. The zero-order valence-electron chi connectivity index (χ0n) is 11.8. The van der Waals surface area contributed by atoms with Crippen LogP contribution in [0.4, 0.5) is 17.5 Å². The van der Waals surface area contributed by atoms with Gasteiger partial charge in [-0.1, -0.05) is 24.6 Å². The lowest BCUT2D eigenvalue weighted by molar-refractivity contribution is 0.755. The Hall–Kier alpha value is -1.88. The lowest BCUT2D eigenvalue weighted by Gasteiger charge is -2.12. The van der Waals surface area contributed by atoms with Crippen molar-refractivity contribution in [3.63, 3.8) is 0 Å². The van der Waals surface area contributed by atoms with Gasteiger partial charge >= 0.3 is 0 Å². The average Bonchev–Trinajstić information content (AvgIpc) is 2.43. The Balaban J connectivity index is 2.12. The number of nitrogens with zero attached hydrogens (tertiary/aromatic N) is 3. The highest BCUT2D eigenvalue weighted by atomic mass is 35.5. The minimum absolute atomic E-state index is 0.341. The molecule has 2 aromatic rings. The molecule has 1 atom stereocenters. The van der Waals surface area contributed by atoms with Crippen LogP contribution < -0.4 is 10.6 Å². The summed E-state index contributed by atoms with van der Waals surface area (Å²) in [5.74, 6) is 1.15. The van der Waals surface area contributed by atoms with Gasteiger partial charge in [-0.3, -0.25) is 0 Å². The van der Waals surface area contributed by atoms with E-state index in [1.165, 1.54) is 0 Å². The van der Waals surface area contributed by atoms with Crippen LogP contribution in [0.5, 0.6) is 0 Å². The molecule has 0 aliphatic rings. The van der Waals surface area contributed by atoms with Crippen LogP contribution in [0.2, 0.25) is 5.02 Å². The van der Waals surface area contributed by atoms with Crippen molar-refractivity contribution >= 4 is 29.1 Å². The van der Waals surface area contributed by atoms with Crippen LogP contribution in [0.15, 0.2) is 24.4 Å². The summed E-state index contributed by atoms with van der Waals surface area (Å²) in [6.45, 7) is 6.16. The van der Waals surface area contributed by atoms with E-state index < -0.39 is 0 Å². The van der Waals surface area contributed by atoms with Crippen molar-refractivity contribution in [2.45, 2.75) is 33.2 Å². The third kappa shape index (κ3) is 3.81. The predicted octanol–water partition coefficient (Wildman–Crippen LogP) is 3.79. The van der Waals surface area contributed by atoms with Gasteiger partial charge in [0, 0.05) is 16.8 Å². The number of anilines is 3. The first kappa shape index (κ1) is 14.5. The van der Waals surface area contributed by atoms with Gasteiger partial charge in [-0.2, -0.15) is 10.1 Å². The van der Waals surface area contributed by atoms with Gasteiger partial charge in [-0.25, -0.2) is 0 Å². The van der Waals surface area contributed by atoms with Crippen LogP contribution in [0.3, 0.4) is 0 Å². The van der Waals surface area contributed by atoms with Gasteiger partial charge in [0.2, 0.25) is 5.95 Å². The number of rotatable bonds is 5. The maximum absolute atomic E-state index is 6.09. The molecule has 6 heteroatoms. The molecule has 0 spiro atoms. The first-order chi connectivity index (χ1) is 9.58. The molecule has 2 rings (SSSR count). The van der Waals surface area contributed by atoms with Gasteiger partial charge in [0.15, 0.2) is 5.82 Å². The number of halogens is 1. The first-order valence-electron chi connectivity index (χ1n) is 6.58. The van der Waals surface area contributed by atoms with Crippen molar-refractivity contribution in [2.24, 2.45) is 0 Å². The Morgan fingerprint density at radius 1 is 1.35 bits per heavy atom. The topological polar surface area (TPSA) is 62.7 Å². The molecule has 0 radical (unpaired) electrons. The summed E-state index contributed by atoms with van der Waals surface area (Å²) in [5, 5.41) is 15.0. The molecule has 1 aromatic heterocycles. The smallest absolute Gasteiger partial charge is 0.249 e. The van der Waals surface area contributed by atoms with E-state index in [-0.39, 0.29) is 0 Å². The van der Waals surface area contributed by atoms with Crippen LogP contribution in [0.1, 0.15) is 25.8 Å². The average molecular weight is 292 g/mol. The molecule has 106 valence electrons. The largest absolute Gasteiger partial charge is 0.366 e. The van der Waals surface area contributed by atoms with Gasteiger partial charge in [0.25, 0.3) is 0 Å². The van der Waals surface area contributed by atoms with E-state index in [4.69, 9.17) is 11.6 Å². The normalized spacial score (nSPS) is 12.0. The summed E-state index contributed by atoms with van der Waals surface area (Å²) in [6, 6.07) is 6.06.